The van der Waals surface area contributed by atoms with Crippen molar-refractivity contribution in [2.75, 3.05) is 0 Å². The minimum absolute atomic E-state index is 0.692. The largest absolute Gasteiger partial charge is 0.193 e. The maximum atomic E-state index is 8.46. The van der Waals surface area contributed by atoms with Crippen LogP contribution in [0.5, 0.6) is 0 Å². The molecule has 0 spiro atoms. The van der Waals surface area contributed by atoms with Crippen molar-refractivity contribution in [3.8, 4) is 6.07 Å². The Kier molecular flexibility index (Phi) is 6.97. The third-order valence-corrected chi connectivity index (χ3v) is 4.18. The highest BCUT2D eigenvalue weighted by molar-refractivity contribution is 5.15. The highest BCUT2D eigenvalue weighted by Crippen LogP contribution is 2.27. The van der Waals surface area contributed by atoms with Gasteiger partial charge in [0.05, 0.1) is 6.07 Å². The zero-order chi connectivity index (χ0) is 14.1. The van der Waals surface area contributed by atoms with E-state index in [9.17, 15) is 0 Å². The average Bonchev–Trinajstić information content (AvgIpc) is 2.43. The zero-order valence-corrected chi connectivity index (χ0v) is 12.3. The molecular weight excluding hydrogens is 230 g/mol. The van der Waals surface area contributed by atoms with Gasteiger partial charge < -0.3 is 0 Å². The Balaban J connectivity index is 2.41. The first-order chi connectivity index (χ1) is 9.15. The molecule has 3 atom stereocenters. The molecule has 0 heterocycles. The Morgan fingerprint density at radius 2 is 1.79 bits per heavy atom. The van der Waals surface area contributed by atoms with Crippen LogP contribution in [0, 0.1) is 29.1 Å². The van der Waals surface area contributed by atoms with Gasteiger partial charge in [-0.05, 0) is 42.6 Å². The van der Waals surface area contributed by atoms with Crippen molar-refractivity contribution in [1.82, 2.24) is 0 Å². The molecule has 1 aromatic carbocycles. The van der Waals surface area contributed by atoms with Crippen molar-refractivity contribution < 1.29 is 0 Å². The molecule has 0 aliphatic carbocycles. The molecule has 102 valence electrons. The lowest BCUT2D eigenvalue weighted by atomic mass is 9.80. The van der Waals surface area contributed by atoms with Crippen LogP contribution >= 0.6 is 0 Å². The van der Waals surface area contributed by atoms with Gasteiger partial charge in [-0.3, -0.25) is 0 Å². The van der Waals surface area contributed by atoms with Gasteiger partial charge in [0.1, 0.15) is 0 Å². The quantitative estimate of drug-likeness (QED) is 0.629. The topological polar surface area (TPSA) is 23.8 Å². The van der Waals surface area contributed by atoms with Gasteiger partial charge in [-0.25, -0.2) is 0 Å². The second kappa shape index (κ2) is 8.53. The molecule has 3 unspecified atom stereocenters. The van der Waals surface area contributed by atoms with E-state index in [0.717, 1.165) is 12.8 Å². The Morgan fingerprint density at radius 3 is 2.42 bits per heavy atom. The summed E-state index contributed by atoms with van der Waals surface area (Å²) in [6, 6.07) is 12.8. The number of rotatable bonds is 7. The van der Waals surface area contributed by atoms with E-state index in [1.54, 1.807) is 6.08 Å². The van der Waals surface area contributed by atoms with Crippen LogP contribution in [0.3, 0.4) is 0 Å². The number of nitriles is 1. The van der Waals surface area contributed by atoms with Crippen LogP contribution in [0.4, 0.5) is 0 Å². The van der Waals surface area contributed by atoms with Crippen LogP contribution in [-0.4, -0.2) is 0 Å². The van der Waals surface area contributed by atoms with Gasteiger partial charge in [-0.15, -0.1) is 0 Å². The van der Waals surface area contributed by atoms with Crippen LogP contribution in [0.25, 0.3) is 0 Å². The van der Waals surface area contributed by atoms with Crippen molar-refractivity contribution in [3.63, 3.8) is 0 Å². The van der Waals surface area contributed by atoms with Crippen molar-refractivity contribution in [3.05, 3.63) is 48.0 Å². The first-order valence-corrected chi connectivity index (χ1v) is 7.23. The molecule has 0 amide bonds. The fraction of sp³-hybridized carbons (Fsp3) is 0.500. The molecule has 0 aliphatic heterocycles. The number of hydrogen-bond acceptors (Lipinski definition) is 1. The zero-order valence-electron chi connectivity index (χ0n) is 12.3. The Labute approximate surface area is 118 Å². The molecule has 0 saturated carbocycles. The monoisotopic (exact) mass is 255 g/mol. The van der Waals surface area contributed by atoms with E-state index in [2.05, 4.69) is 51.1 Å². The van der Waals surface area contributed by atoms with Gasteiger partial charge in [0.25, 0.3) is 0 Å². The molecule has 0 aromatic heterocycles. The van der Waals surface area contributed by atoms with Crippen molar-refractivity contribution >= 4 is 0 Å². The minimum Gasteiger partial charge on any atom is -0.193 e. The highest BCUT2D eigenvalue weighted by Gasteiger charge is 2.18. The second-order valence-corrected chi connectivity index (χ2v) is 5.61. The maximum Gasteiger partial charge on any atom is 0.0908 e. The normalized spacial score (nSPS) is 15.9. The van der Waals surface area contributed by atoms with Gasteiger partial charge in [-0.1, -0.05) is 57.2 Å². The number of benzene rings is 1. The molecule has 1 aromatic rings. The summed E-state index contributed by atoms with van der Waals surface area (Å²) in [5.41, 5.74) is 1.43. The molecule has 19 heavy (non-hydrogen) atoms. The molecule has 0 saturated heterocycles. The van der Waals surface area contributed by atoms with Crippen molar-refractivity contribution in [2.24, 2.45) is 17.8 Å². The molecule has 0 fully saturated rings. The lowest BCUT2D eigenvalue weighted by molar-refractivity contribution is 0.266. The first kappa shape index (κ1) is 15.5. The van der Waals surface area contributed by atoms with E-state index in [-0.39, 0.29) is 0 Å². The molecule has 1 heteroatoms. The number of nitrogens with zero attached hydrogens (tertiary/aromatic N) is 1. The van der Waals surface area contributed by atoms with Gasteiger partial charge in [0.2, 0.25) is 0 Å². The third-order valence-electron chi connectivity index (χ3n) is 4.18. The van der Waals surface area contributed by atoms with Crippen LogP contribution in [0.15, 0.2) is 42.5 Å². The second-order valence-electron chi connectivity index (χ2n) is 5.61. The summed E-state index contributed by atoms with van der Waals surface area (Å²) in [5.74, 6) is 2.09. The standard InChI is InChI=1S/C18H25N/c1-15(10-6-5-9-13-19)17(3)16(2)14-18-11-7-4-8-12-18/h4-5,7-9,11-12,15-17H,6,10,14H2,1-3H3. The van der Waals surface area contributed by atoms with Crippen LogP contribution < -0.4 is 0 Å². The fourth-order valence-corrected chi connectivity index (χ4v) is 2.49. The van der Waals surface area contributed by atoms with E-state index in [1.807, 2.05) is 12.1 Å². The van der Waals surface area contributed by atoms with Crippen molar-refractivity contribution in [1.29, 1.82) is 5.26 Å². The molecule has 0 radical (unpaired) electrons. The van der Waals surface area contributed by atoms with E-state index < -0.39 is 0 Å². The third kappa shape index (κ3) is 5.75. The van der Waals surface area contributed by atoms with E-state index in [1.165, 1.54) is 12.0 Å². The summed E-state index contributed by atoms with van der Waals surface area (Å²) in [6.07, 6.45) is 6.89. The summed E-state index contributed by atoms with van der Waals surface area (Å²) < 4.78 is 0. The SMILES string of the molecule is CC(CCC=CC#N)C(C)C(C)Cc1ccccc1. The highest BCUT2D eigenvalue weighted by atomic mass is 14.2. The lowest BCUT2D eigenvalue weighted by Crippen LogP contribution is -2.18. The van der Waals surface area contributed by atoms with E-state index >= 15 is 0 Å². The molecule has 0 N–H and O–H groups in total. The number of allylic oxidation sites excluding steroid dienone is 2. The van der Waals surface area contributed by atoms with E-state index in [0.29, 0.717) is 17.8 Å². The van der Waals surface area contributed by atoms with E-state index in [4.69, 9.17) is 5.26 Å². The summed E-state index contributed by atoms with van der Waals surface area (Å²) >= 11 is 0. The number of hydrogen-bond donors (Lipinski definition) is 0. The first-order valence-electron chi connectivity index (χ1n) is 7.23. The van der Waals surface area contributed by atoms with Crippen LogP contribution in [-0.2, 0) is 6.42 Å². The predicted octanol–water partition coefficient (Wildman–Crippen LogP) is 5.00. The summed E-state index contributed by atoms with van der Waals surface area (Å²) in [6.45, 7) is 7.03. The van der Waals surface area contributed by atoms with Gasteiger partial charge >= 0.3 is 0 Å². The van der Waals surface area contributed by atoms with Crippen LogP contribution in [0.2, 0.25) is 0 Å². The van der Waals surface area contributed by atoms with Crippen molar-refractivity contribution in [2.45, 2.75) is 40.0 Å². The minimum atomic E-state index is 0.692. The summed E-state index contributed by atoms with van der Waals surface area (Å²) in [5, 5.41) is 8.46. The fourth-order valence-electron chi connectivity index (χ4n) is 2.49. The molecule has 1 nitrogen and oxygen atoms in total. The molecule has 1 rings (SSSR count). The maximum absolute atomic E-state index is 8.46. The predicted molar refractivity (Wildman–Crippen MR) is 81.6 cm³/mol. The van der Waals surface area contributed by atoms with Gasteiger partial charge in [-0.2, -0.15) is 5.26 Å². The molecular formula is C18H25N. The average molecular weight is 255 g/mol. The smallest absolute Gasteiger partial charge is 0.0908 e. The van der Waals surface area contributed by atoms with Gasteiger partial charge in [0.15, 0.2) is 0 Å². The molecule has 0 bridgehead atoms. The Hall–Kier alpha value is -1.55. The molecule has 0 aliphatic rings. The Bertz CT molecular complexity index is 413. The summed E-state index contributed by atoms with van der Waals surface area (Å²) in [4.78, 5) is 0. The van der Waals surface area contributed by atoms with Gasteiger partial charge in [0, 0.05) is 6.08 Å². The Morgan fingerprint density at radius 1 is 1.11 bits per heavy atom. The summed E-state index contributed by atoms with van der Waals surface area (Å²) in [7, 11) is 0. The van der Waals surface area contributed by atoms with Crippen LogP contribution in [0.1, 0.15) is 39.2 Å². The lowest BCUT2D eigenvalue weighted by Gasteiger charge is -2.26.